The Bertz CT molecular complexity index is 1190. The van der Waals surface area contributed by atoms with E-state index in [4.69, 9.17) is 4.74 Å². The minimum atomic E-state index is -1.08. The molecule has 3 atom stereocenters. The number of piperidine rings is 1. The number of aryl methyl sites for hydroxylation is 1. The van der Waals surface area contributed by atoms with E-state index in [-0.39, 0.29) is 31.2 Å². The van der Waals surface area contributed by atoms with Crippen LogP contribution in [0.2, 0.25) is 0 Å². The average Bonchev–Trinajstić information content (AvgIpc) is 2.92. The highest BCUT2D eigenvalue weighted by molar-refractivity contribution is 5.94. The van der Waals surface area contributed by atoms with Crippen LogP contribution in [0.5, 0.6) is 5.75 Å². The Hall–Kier alpha value is -3.88. The van der Waals surface area contributed by atoms with Gasteiger partial charge in [-0.1, -0.05) is 36.4 Å². The summed E-state index contributed by atoms with van der Waals surface area (Å²) >= 11 is 0. The zero-order chi connectivity index (χ0) is 27.8. The van der Waals surface area contributed by atoms with E-state index in [9.17, 15) is 19.2 Å². The van der Waals surface area contributed by atoms with Gasteiger partial charge in [-0.25, -0.2) is 0 Å². The lowest BCUT2D eigenvalue weighted by Gasteiger charge is -2.34. The van der Waals surface area contributed by atoms with E-state index < -0.39 is 23.9 Å². The fourth-order valence-corrected chi connectivity index (χ4v) is 5.19. The van der Waals surface area contributed by atoms with Gasteiger partial charge in [-0.3, -0.25) is 19.2 Å². The summed E-state index contributed by atoms with van der Waals surface area (Å²) in [6.45, 7) is 5.29. The minimum Gasteiger partial charge on any atom is -0.494 e. The van der Waals surface area contributed by atoms with Crippen LogP contribution in [-0.4, -0.2) is 60.3 Å². The molecule has 2 aromatic rings. The number of hydrogen-bond acceptors (Lipinski definition) is 5. The Morgan fingerprint density at radius 2 is 1.87 bits per heavy atom. The van der Waals surface area contributed by atoms with E-state index in [0.29, 0.717) is 25.6 Å². The molecule has 3 N–H and O–H groups in total. The molecular weight excluding hydrogens is 496 g/mol. The van der Waals surface area contributed by atoms with Gasteiger partial charge in [-0.15, -0.1) is 0 Å². The second-order valence-corrected chi connectivity index (χ2v) is 10.5. The van der Waals surface area contributed by atoms with Gasteiger partial charge in [-0.2, -0.15) is 0 Å². The lowest BCUT2D eigenvalue weighted by molar-refractivity contribution is -0.138. The van der Waals surface area contributed by atoms with E-state index in [1.807, 2.05) is 55.5 Å². The summed E-state index contributed by atoms with van der Waals surface area (Å²) in [5.74, 6) is -0.487. The van der Waals surface area contributed by atoms with Crippen molar-refractivity contribution in [3.8, 4) is 5.75 Å². The molecule has 2 aliphatic heterocycles. The summed E-state index contributed by atoms with van der Waals surface area (Å²) in [6.07, 6.45) is 2.78. The van der Waals surface area contributed by atoms with Gasteiger partial charge >= 0.3 is 0 Å². The number of benzene rings is 2. The van der Waals surface area contributed by atoms with Crippen molar-refractivity contribution in [3.63, 3.8) is 0 Å². The third-order valence-corrected chi connectivity index (χ3v) is 7.43. The molecule has 1 saturated heterocycles. The standard InChI is InChI=1S/C30H38N4O5/c1-20-10-11-25-16-24(20)18-31-29(37)26(15-22-7-4-3-5-8-22)33-30(38)27(32-21(2)35)17-28(36)34-13-6-9-23(19-34)12-14-39-25/h3-5,7-8,10-11,16,23,26-27H,6,9,12-15,17-19H2,1-2H3,(H,31,37)(H,32,35)(H,33,38)/t23?,26?,27-/m0/s1. The topological polar surface area (TPSA) is 117 Å². The van der Waals surface area contributed by atoms with E-state index in [1.165, 1.54) is 6.92 Å². The number of carbonyl (C=O) groups excluding carboxylic acids is 4. The summed E-state index contributed by atoms with van der Waals surface area (Å²) < 4.78 is 6.05. The number of ether oxygens (including phenoxy) is 1. The maximum atomic E-state index is 13.4. The Morgan fingerprint density at radius 3 is 2.64 bits per heavy atom. The van der Waals surface area contributed by atoms with Crippen molar-refractivity contribution in [1.29, 1.82) is 0 Å². The van der Waals surface area contributed by atoms with Crippen LogP contribution >= 0.6 is 0 Å². The fraction of sp³-hybridized carbons (Fsp3) is 0.467. The molecular formula is C30H38N4O5. The zero-order valence-corrected chi connectivity index (χ0v) is 22.7. The molecule has 4 rings (SSSR count). The third-order valence-electron chi connectivity index (χ3n) is 7.43. The number of rotatable bonds is 3. The first-order valence-corrected chi connectivity index (χ1v) is 13.7. The maximum Gasteiger partial charge on any atom is 0.243 e. The summed E-state index contributed by atoms with van der Waals surface area (Å²) in [5, 5.41) is 8.38. The molecule has 208 valence electrons. The van der Waals surface area contributed by atoms with E-state index in [0.717, 1.165) is 41.7 Å². The SMILES string of the molecule is CC(=O)N[C@H]1CC(=O)N2CCCC(CCOc3ccc(C)c(c3)CNC(=O)C(Cc3ccccc3)NC1=O)C2. The van der Waals surface area contributed by atoms with Gasteiger partial charge in [0.25, 0.3) is 0 Å². The Morgan fingerprint density at radius 1 is 1.08 bits per heavy atom. The first-order valence-electron chi connectivity index (χ1n) is 13.7. The number of amides is 4. The summed E-state index contributed by atoms with van der Waals surface area (Å²) in [7, 11) is 0. The Kier molecular flexibility index (Phi) is 9.57. The molecule has 0 aromatic heterocycles. The quantitative estimate of drug-likeness (QED) is 0.559. The normalized spacial score (nSPS) is 23.0. The van der Waals surface area contributed by atoms with Gasteiger partial charge in [0.2, 0.25) is 23.6 Å². The van der Waals surface area contributed by atoms with Gasteiger partial charge in [0.15, 0.2) is 0 Å². The first-order chi connectivity index (χ1) is 18.8. The Balaban J connectivity index is 1.62. The van der Waals surface area contributed by atoms with Crippen molar-refractivity contribution in [2.24, 2.45) is 5.92 Å². The smallest absolute Gasteiger partial charge is 0.243 e. The highest BCUT2D eigenvalue weighted by Crippen LogP contribution is 2.23. The van der Waals surface area contributed by atoms with Gasteiger partial charge in [-0.05, 0) is 60.9 Å². The van der Waals surface area contributed by atoms with Gasteiger partial charge < -0.3 is 25.6 Å². The first kappa shape index (κ1) is 28.1. The van der Waals surface area contributed by atoms with Crippen LogP contribution in [-0.2, 0) is 32.1 Å². The van der Waals surface area contributed by atoms with Crippen LogP contribution < -0.4 is 20.7 Å². The summed E-state index contributed by atoms with van der Waals surface area (Å²) in [4.78, 5) is 53.7. The molecule has 0 radical (unpaired) electrons. The number of hydrogen-bond donors (Lipinski definition) is 3. The lowest BCUT2D eigenvalue weighted by Crippen LogP contribution is -2.55. The van der Waals surface area contributed by atoms with Crippen LogP contribution in [0.1, 0.15) is 49.3 Å². The third kappa shape index (κ3) is 8.05. The maximum absolute atomic E-state index is 13.4. The van der Waals surface area contributed by atoms with Crippen molar-refractivity contribution < 1.29 is 23.9 Å². The molecule has 9 nitrogen and oxygen atoms in total. The number of carbonyl (C=O) groups is 4. The van der Waals surface area contributed by atoms with Crippen molar-refractivity contribution >= 4 is 23.6 Å². The molecule has 9 heteroatoms. The molecule has 2 unspecified atom stereocenters. The van der Waals surface area contributed by atoms with Crippen LogP contribution in [0, 0.1) is 12.8 Å². The lowest BCUT2D eigenvalue weighted by atomic mass is 9.94. The van der Waals surface area contributed by atoms with Crippen LogP contribution in [0.25, 0.3) is 0 Å². The number of nitrogens with zero attached hydrogens (tertiary/aromatic N) is 1. The molecule has 2 aliphatic rings. The van der Waals surface area contributed by atoms with Gasteiger partial charge in [0.1, 0.15) is 17.8 Å². The number of nitrogens with one attached hydrogen (secondary N) is 3. The second-order valence-electron chi connectivity index (χ2n) is 10.5. The van der Waals surface area contributed by atoms with E-state index in [2.05, 4.69) is 16.0 Å². The molecule has 2 heterocycles. The second kappa shape index (κ2) is 13.3. The van der Waals surface area contributed by atoms with Crippen molar-refractivity contribution in [2.45, 2.75) is 64.6 Å². The predicted octanol–water partition coefficient (Wildman–Crippen LogP) is 2.25. The molecule has 0 aliphatic carbocycles. The summed E-state index contributed by atoms with van der Waals surface area (Å²) in [5.41, 5.74) is 2.82. The molecule has 0 spiro atoms. The molecule has 39 heavy (non-hydrogen) atoms. The van der Waals surface area contributed by atoms with Crippen molar-refractivity contribution in [1.82, 2.24) is 20.9 Å². The predicted molar refractivity (Wildman–Crippen MR) is 147 cm³/mol. The van der Waals surface area contributed by atoms with Crippen molar-refractivity contribution in [3.05, 3.63) is 65.2 Å². The highest BCUT2D eigenvalue weighted by Gasteiger charge is 2.31. The zero-order valence-electron chi connectivity index (χ0n) is 22.7. The van der Waals surface area contributed by atoms with Gasteiger partial charge in [0, 0.05) is 33.0 Å². The van der Waals surface area contributed by atoms with E-state index in [1.54, 1.807) is 4.90 Å². The molecule has 1 fully saturated rings. The van der Waals surface area contributed by atoms with Crippen LogP contribution in [0.3, 0.4) is 0 Å². The molecule has 4 bridgehead atoms. The van der Waals surface area contributed by atoms with Crippen LogP contribution in [0.15, 0.2) is 48.5 Å². The minimum absolute atomic E-state index is 0.169. The summed E-state index contributed by atoms with van der Waals surface area (Å²) in [6, 6.07) is 13.3. The number of fused-ring (bicyclic) bond motifs is 4. The molecule has 4 amide bonds. The van der Waals surface area contributed by atoms with Crippen molar-refractivity contribution in [2.75, 3.05) is 19.7 Å². The largest absolute Gasteiger partial charge is 0.494 e. The van der Waals surface area contributed by atoms with E-state index >= 15 is 0 Å². The van der Waals surface area contributed by atoms with Crippen LogP contribution in [0.4, 0.5) is 0 Å². The Labute approximate surface area is 229 Å². The van der Waals surface area contributed by atoms with Gasteiger partial charge in [0.05, 0.1) is 13.0 Å². The highest BCUT2D eigenvalue weighted by atomic mass is 16.5. The molecule has 2 aromatic carbocycles. The fourth-order valence-electron chi connectivity index (χ4n) is 5.19. The average molecular weight is 535 g/mol. The molecule has 0 saturated carbocycles. The monoisotopic (exact) mass is 534 g/mol.